The first-order chi connectivity index (χ1) is 13.2. The van der Waals surface area contributed by atoms with Crippen LogP contribution in [0.15, 0.2) is 18.3 Å². The molecule has 1 amide bonds. The number of rotatable bonds is 5. The Hall–Kier alpha value is -1.35. The van der Waals surface area contributed by atoms with Crippen LogP contribution in [0, 0.1) is 0 Å². The first-order valence-electron chi connectivity index (χ1n) is 9.68. The van der Waals surface area contributed by atoms with E-state index in [2.05, 4.69) is 61.7 Å². The fourth-order valence-corrected chi connectivity index (χ4v) is 6.65. The quantitative estimate of drug-likeness (QED) is 0.530. The molecule has 0 fully saturated rings. The minimum absolute atomic E-state index is 0.0231. The van der Waals surface area contributed by atoms with Crippen molar-refractivity contribution in [1.29, 1.82) is 0 Å². The number of carboxylic acids is 1. The van der Waals surface area contributed by atoms with Crippen LogP contribution in [0.5, 0.6) is 5.75 Å². The fraction of sp³-hybridized carbons (Fsp3) is 0.524. The molecule has 8 heteroatoms. The molecule has 0 unspecified atom stereocenters. The Kier molecular flexibility index (Phi) is 8.95. The van der Waals surface area contributed by atoms with Gasteiger partial charge in [0.25, 0.3) is 0 Å². The second kappa shape index (κ2) is 10.1. The molecule has 0 aliphatic heterocycles. The zero-order chi connectivity index (χ0) is 22.6. The molecule has 156 valence electrons. The van der Waals surface area contributed by atoms with Crippen molar-refractivity contribution in [2.75, 3.05) is 13.7 Å². The van der Waals surface area contributed by atoms with Crippen LogP contribution >= 0.6 is 0 Å². The summed E-state index contributed by atoms with van der Waals surface area (Å²) < 4.78 is 9.50. The Labute approximate surface area is 191 Å². The molecule has 1 aromatic carbocycles. The van der Waals surface area contributed by atoms with Gasteiger partial charge >= 0.3 is 169 Å². The summed E-state index contributed by atoms with van der Waals surface area (Å²) in [4.78, 5) is 20.1. The third-order valence-electron chi connectivity index (χ3n) is 5.50. The molecule has 0 radical (unpaired) electrons. The standard InChI is InChI=1S/C19H29N2O2Si.C2H4O2.Hg/c1-14(22)20-11-10-15-13-21(24(6,7)19(2,3)4)18-9-8-16(23-5)12-17(15)18;1-2(3)4;/h9,12-13H,10-11H2,1-7H3,(H,20,22);1H3,(H,3,4);/q;;+1/p-1. The van der Waals surface area contributed by atoms with E-state index in [0.29, 0.717) is 32.7 Å². The van der Waals surface area contributed by atoms with Gasteiger partial charge in [-0.05, 0) is 6.92 Å². The van der Waals surface area contributed by atoms with E-state index in [1.807, 2.05) is 0 Å². The van der Waals surface area contributed by atoms with Crippen LogP contribution in [0.1, 0.15) is 40.2 Å². The minimum atomic E-state index is -1.73. The van der Waals surface area contributed by atoms with Gasteiger partial charge in [-0.3, -0.25) is 0 Å². The molecule has 0 aliphatic rings. The fourth-order valence-electron chi connectivity index (χ4n) is 2.95. The summed E-state index contributed by atoms with van der Waals surface area (Å²) in [5.41, 5.74) is 2.62. The zero-order valence-corrected chi connectivity index (χ0v) is 25.4. The van der Waals surface area contributed by atoms with Gasteiger partial charge in [0, 0.05) is 5.97 Å². The summed E-state index contributed by atoms with van der Waals surface area (Å²) in [6.45, 7) is 15.1. The number of ether oxygens (including phenoxy) is 1. The van der Waals surface area contributed by atoms with E-state index in [1.54, 1.807) is 14.0 Å². The van der Waals surface area contributed by atoms with Crippen molar-refractivity contribution in [3.8, 4) is 5.75 Å². The zero-order valence-electron chi connectivity index (χ0n) is 18.9. The van der Waals surface area contributed by atoms with E-state index < -0.39 is 14.2 Å². The predicted octanol–water partition coefficient (Wildman–Crippen LogP) is 2.11. The Morgan fingerprint density at radius 3 is 2.24 bits per heavy atom. The van der Waals surface area contributed by atoms with Crippen molar-refractivity contribution < 1.29 is 45.6 Å². The van der Waals surface area contributed by atoms with Crippen molar-refractivity contribution in [1.82, 2.24) is 9.55 Å². The van der Waals surface area contributed by atoms with Crippen molar-refractivity contribution in [2.45, 2.75) is 59.2 Å². The molecular weight excluding hydrogens is 573 g/mol. The topological polar surface area (TPSA) is 83.4 Å². The monoisotopic (exact) mass is 606 g/mol. The molecule has 2 aromatic rings. The molecule has 29 heavy (non-hydrogen) atoms. The van der Waals surface area contributed by atoms with Crippen LogP contribution in [0.4, 0.5) is 0 Å². The number of carbonyl (C=O) groups excluding carboxylic acids is 2. The molecule has 1 N–H and O–H groups in total. The molecule has 0 bridgehead atoms. The average molecular weight is 605 g/mol. The molecule has 0 spiro atoms. The number of hydrogen-bond acceptors (Lipinski definition) is 4. The number of aromatic nitrogens is 1. The van der Waals surface area contributed by atoms with Gasteiger partial charge in [0.2, 0.25) is 0 Å². The molecule has 6 nitrogen and oxygen atoms in total. The van der Waals surface area contributed by atoms with Crippen molar-refractivity contribution >= 4 is 34.1 Å². The molecule has 0 aliphatic carbocycles. The van der Waals surface area contributed by atoms with Crippen LogP contribution in [-0.2, 0) is 42.1 Å². The number of fused-ring (bicyclic) bond motifs is 1. The van der Waals surface area contributed by atoms with E-state index in [0.717, 1.165) is 19.1 Å². The van der Waals surface area contributed by atoms with E-state index in [1.165, 1.54) is 19.5 Å². The van der Waals surface area contributed by atoms with E-state index >= 15 is 0 Å². The third kappa shape index (κ3) is 6.57. The van der Waals surface area contributed by atoms with Crippen LogP contribution in [0.3, 0.4) is 0 Å². The van der Waals surface area contributed by atoms with E-state index in [4.69, 9.17) is 14.6 Å². The van der Waals surface area contributed by atoms with Gasteiger partial charge in [-0.2, -0.15) is 0 Å². The summed E-state index contributed by atoms with van der Waals surface area (Å²) in [6, 6.07) is 4.53. The summed E-state index contributed by atoms with van der Waals surface area (Å²) in [5.74, 6) is -0.0560. The number of carbonyl (C=O) groups is 2. The molecule has 0 atom stereocenters. The third-order valence-corrected chi connectivity index (χ3v) is 12.9. The summed E-state index contributed by atoms with van der Waals surface area (Å²) >= 11 is 0.504. The van der Waals surface area contributed by atoms with Gasteiger partial charge in [0.05, 0.1) is 0 Å². The van der Waals surface area contributed by atoms with Crippen molar-refractivity contribution in [3.63, 3.8) is 0 Å². The second-order valence-corrected chi connectivity index (χ2v) is 16.8. The molecule has 1 heterocycles. The first kappa shape index (κ1) is 25.7. The van der Waals surface area contributed by atoms with Gasteiger partial charge in [0.1, 0.15) is 0 Å². The van der Waals surface area contributed by atoms with Crippen molar-refractivity contribution in [3.05, 3.63) is 23.9 Å². The Morgan fingerprint density at radius 2 is 1.79 bits per heavy atom. The maximum atomic E-state index is 11.2. The normalized spacial score (nSPS) is 11.7. The van der Waals surface area contributed by atoms with Gasteiger partial charge in [-0.1, -0.05) is 0 Å². The summed E-state index contributed by atoms with van der Waals surface area (Å²) in [6.07, 6.45) is 3.17. The van der Waals surface area contributed by atoms with Gasteiger partial charge < -0.3 is 9.90 Å². The summed E-state index contributed by atoms with van der Waals surface area (Å²) in [7, 11) is 0.0233. The van der Waals surface area contributed by atoms with Gasteiger partial charge in [-0.15, -0.1) is 0 Å². The second-order valence-electron chi connectivity index (χ2n) is 8.74. The van der Waals surface area contributed by atoms with Crippen LogP contribution in [-0.4, -0.2) is 38.0 Å². The number of hydrogen-bond donors (Lipinski definition) is 1. The van der Waals surface area contributed by atoms with E-state index in [9.17, 15) is 4.79 Å². The predicted molar refractivity (Wildman–Crippen MR) is 114 cm³/mol. The SMILES string of the molecule is CC(=O)[O-].COc1cc2c(CCNC(C)=O)cn([Si](C)(C)C(C)(C)C)c2c[c]1[Hg+]. The first-order valence-corrected chi connectivity index (χ1v) is 15.4. The Bertz CT molecular complexity index is 881. The van der Waals surface area contributed by atoms with E-state index in [-0.39, 0.29) is 10.9 Å². The van der Waals surface area contributed by atoms with Crippen molar-refractivity contribution in [2.24, 2.45) is 0 Å². The molecule has 0 saturated carbocycles. The van der Waals surface area contributed by atoms with Crippen LogP contribution < -0.4 is 18.2 Å². The molecule has 0 saturated heterocycles. The van der Waals surface area contributed by atoms with Crippen LogP contribution in [0.25, 0.3) is 10.9 Å². The van der Waals surface area contributed by atoms with Gasteiger partial charge in [-0.25, -0.2) is 0 Å². The van der Waals surface area contributed by atoms with Crippen LogP contribution in [0.2, 0.25) is 18.1 Å². The Balaban J connectivity index is 0.000000960. The average Bonchev–Trinajstić information content (AvgIpc) is 2.90. The number of methoxy groups -OCH3 is 1. The molecule has 2 rings (SSSR count). The maximum absolute atomic E-state index is 11.2. The number of carboxylic acid groups (broad SMARTS) is 1. The number of nitrogens with one attached hydrogen (secondary N) is 1. The summed E-state index contributed by atoms with van der Waals surface area (Å²) in [5, 5.41) is 13.3. The number of aliphatic carboxylic acids is 1. The Morgan fingerprint density at radius 1 is 1.24 bits per heavy atom. The number of nitrogens with zero attached hydrogens (tertiary/aromatic N) is 1. The molecule has 1 aromatic heterocycles. The van der Waals surface area contributed by atoms with Gasteiger partial charge in [0.15, 0.2) is 0 Å². The molecular formula is C21H32HgN2O4Si. The number of amides is 1. The number of benzene rings is 1.